The highest BCUT2D eigenvalue weighted by Gasteiger charge is 2.13. The third-order valence-corrected chi connectivity index (χ3v) is 3.33. The molecule has 1 heterocycles. The molecule has 3 rings (SSSR count). The van der Waals surface area contributed by atoms with E-state index in [1.165, 1.54) is 12.1 Å². The van der Waals surface area contributed by atoms with Crippen LogP contribution in [0.25, 0.3) is 22.3 Å². The van der Waals surface area contributed by atoms with E-state index in [4.69, 9.17) is 4.74 Å². The van der Waals surface area contributed by atoms with Gasteiger partial charge in [-0.25, -0.2) is 9.78 Å². The lowest BCUT2D eigenvalue weighted by atomic mass is 10.1. The van der Waals surface area contributed by atoms with Crippen molar-refractivity contribution in [2.24, 2.45) is 0 Å². The van der Waals surface area contributed by atoms with Gasteiger partial charge >= 0.3 is 5.97 Å². The highest BCUT2D eigenvalue weighted by molar-refractivity contribution is 6.01. The maximum atomic E-state index is 12.2. The Hall–Kier alpha value is -3.15. The number of aromatic amines is 1. The Morgan fingerprint density at radius 1 is 1.18 bits per heavy atom. The number of rotatable bonds is 3. The summed E-state index contributed by atoms with van der Waals surface area (Å²) in [6.45, 7) is 0. The molecule has 0 saturated heterocycles. The number of para-hydroxylation sites is 1. The molecule has 6 heteroatoms. The van der Waals surface area contributed by atoms with Gasteiger partial charge in [-0.2, -0.15) is 0 Å². The van der Waals surface area contributed by atoms with Crippen molar-refractivity contribution in [1.82, 2.24) is 9.97 Å². The molecule has 0 aliphatic heterocycles. The number of carbonyl (C=O) groups is 1. The molecule has 2 N–H and O–H groups in total. The van der Waals surface area contributed by atoms with E-state index in [9.17, 15) is 14.7 Å². The van der Waals surface area contributed by atoms with Crippen LogP contribution in [0.2, 0.25) is 0 Å². The molecule has 0 amide bonds. The van der Waals surface area contributed by atoms with Crippen LogP contribution in [0, 0.1) is 0 Å². The number of H-pyrrole nitrogens is 1. The van der Waals surface area contributed by atoms with E-state index in [0.717, 1.165) is 0 Å². The van der Waals surface area contributed by atoms with Gasteiger partial charge in [0.05, 0.1) is 23.6 Å². The summed E-state index contributed by atoms with van der Waals surface area (Å²) < 4.78 is 5.08. The maximum absolute atomic E-state index is 12.2. The highest BCUT2D eigenvalue weighted by atomic mass is 16.5. The smallest absolute Gasteiger partial charge is 0.337 e. The van der Waals surface area contributed by atoms with E-state index in [1.807, 2.05) is 0 Å². The highest BCUT2D eigenvalue weighted by Crippen LogP contribution is 2.21. The van der Waals surface area contributed by atoms with Crippen LogP contribution in [0.1, 0.15) is 10.4 Å². The quantitative estimate of drug-likeness (QED) is 0.773. The molecule has 3 aromatic rings. The first-order valence-corrected chi connectivity index (χ1v) is 6.51. The summed E-state index contributed by atoms with van der Waals surface area (Å²) >= 11 is 0. The molecule has 0 bridgehead atoms. The first kappa shape index (κ1) is 13.8. The van der Waals surface area contributed by atoms with Crippen molar-refractivity contribution in [1.29, 1.82) is 0 Å². The number of carboxylic acids is 1. The molecule has 6 nitrogen and oxygen atoms in total. The van der Waals surface area contributed by atoms with E-state index in [1.54, 1.807) is 37.4 Å². The minimum Gasteiger partial charge on any atom is -0.497 e. The van der Waals surface area contributed by atoms with Crippen molar-refractivity contribution >= 4 is 16.9 Å². The van der Waals surface area contributed by atoms with Crippen molar-refractivity contribution in [3.05, 3.63) is 58.4 Å². The summed E-state index contributed by atoms with van der Waals surface area (Å²) in [5.41, 5.74) is 0.460. The molecule has 0 unspecified atom stereocenters. The van der Waals surface area contributed by atoms with Gasteiger partial charge in [0.15, 0.2) is 0 Å². The van der Waals surface area contributed by atoms with Crippen molar-refractivity contribution in [3.63, 3.8) is 0 Å². The van der Waals surface area contributed by atoms with Crippen LogP contribution in [-0.2, 0) is 0 Å². The zero-order chi connectivity index (χ0) is 15.7. The van der Waals surface area contributed by atoms with Gasteiger partial charge in [-0.15, -0.1) is 0 Å². The molecule has 0 spiro atoms. The predicted molar refractivity (Wildman–Crippen MR) is 81.3 cm³/mol. The van der Waals surface area contributed by atoms with Gasteiger partial charge in [0.25, 0.3) is 5.56 Å². The molecular weight excluding hydrogens is 284 g/mol. The van der Waals surface area contributed by atoms with Crippen LogP contribution in [0.4, 0.5) is 0 Å². The zero-order valence-electron chi connectivity index (χ0n) is 11.7. The second-order valence-corrected chi connectivity index (χ2v) is 4.65. The fraction of sp³-hybridized carbons (Fsp3) is 0.0625. The van der Waals surface area contributed by atoms with Crippen LogP contribution in [0.15, 0.2) is 47.3 Å². The van der Waals surface area contributed by atoms with Crippen molar-refractivity contribution in [2.45, 2.75) is 0 Å². The fourth-order valence-corrected chi connectivity index (χ4v) is 2.22. The maximum Gasteiger partial charge on any atom is 0.337 e. The van der Waals surface area contributed by atoms with Gasteiger partial charge in [-0.1, -0.05) is 6.07 Å². The molecule has 22 heavy (non-hydrogen) atoms. The third kappa shape index (κ3) is 2.31. The summed E-state index contributed by atoms with van der Waals surface area (Å²) in [6, 6.07) is 11.5. The van der Waals surface area contributed by atoms with Gasteiger partial charge in [0, 0.05) is 5.56 Å². The minimum atomic E-state index is -1.12. The molecule has 0 saturated carbocycles. The third-order valence-electron chi connectivity index (χ3n) is 3.33. The second-order valence-electron chi connectivity index (χ2n) is 4.65. The Morgan fingerprint density at radius 2 is 1.91 bits per heavy atom. The predicted octanol–water partition coefficient (Wildman–Crippen LogP) is 2.30. The molecule has 0 fully saturated rings. The van der Waals surface area contributed by atoms with Crippen LogP contribution in [0.5, 0.6) is 5.75 Å². The molecule has 0 atom stereocenters. The van der Waals surface area contributed by atoms with Gasteiger partial charge in [0.1, 0.15) is 11.6 Å². The molecule has 0 aliphatic carbocycles. The van der Waals surface area contributed by atoms with Gasteiger partial charge < -0.3 is 14.8 Å². The SMILES string of the molecule is COc1ccc(-c2nc3c(C(=O)O)cccc3c(=O)[nH]2)cc1. The van der Waals surface area contributed by atoms with Gasteiger partial charge in [-0.3, -0.25) is 4.79 Å². The van der Waals surface area contributed by atoms with E-state index < -0.39 is 5.97 Å². The van der Waals surface area contributed by atoms with Crippen LogP contribution < -0.4 is 10.3 Å². The number of benzene rings is 2. The lowest BCUT2D eigenvalue weighted by Gasteiger charge is -2.06. The van der Waals surface area contributed by atoms with Crippen LogP contribution >= 0.6 is 0 Å². The standard InChI is InChI=1S/C16H12N2O4/c1-22-10-7-5-9(6-8-10)14-17-13-11(15(19)18-14)3-2-4-12(13)16(20)21/h2-8H,1H3,(H,20,21)(H,17,18,19). The molecule has 2 aromatic carbocycles. The average molecular weight is 296 g/mol. The topological polar surface area (TPSA) is 92.3 Å². The first-order valence-electron chi connectivity index (χ1n) is 6.51. The minimum absolute atomic E-state index is 0.00152. The Morgan fingerprint density at radius 3 is 2.55 bits per heavy atom. The number of aromatic nitrogens is 2. The largest absolute Gasteiger partial charge is 0.497 e. The Labute approximate surface area is 125 Å². The summed E-state index contributed by atoms with van der Waals surface area (Å²) in [4.78, 5) is 30.4. The van der Waals surface area contributed by atoms with E-state index in [2.05, 4.69) is 9.97 Å². The fourth-order valence-electron chi connectivity index (χ4n) is 2.22. The molecule has 110 valence electrons. The van der Waals surface area contributed by atoms with Crippen LogP contribution in [-0.4, -0.2) is 28.2 Å². The lowest BCUT2D eigenvalue weighted by molar-refractivity contribution is 0.0699. The molecular formula is C16H12N2O4. The Kier molecular flexibility index (Phi) is 3.34. The number of hydrogen-bond donors (Lipinski definition) is 2. The lowest BCUT2D eigenvalue weighted by Crippen LogP contribution is -2.12. The normalized spacial score (nSPS) is 10.6. The number of aromatic carboxylic acids is 1. The number of nitrogens with one attached hydrogen (secondary N) is 1. The van der Waals surface area contributed by atoms with E-state index >= 15 is 0 Å². The van der Waals surface area contributed by atoms with E-state index in [-0.39, 0.29) is 22.0 Å². The Balaban J connectivity index is 2.25. The van der Waals surface area contributed by atoms with Crippen LogP contribution in [0.3, 0.4) is 0 Å². The van der Waals surface area contributed by atoms with Crippen molar-refractivity contribution in [3.8, 4) is 17.1 Å². The number of nitrogens with zero attached hydrogens (tertiary/aromatic N) is 1. The molecule has 0 radical (unpaired) electrons. The average Bonchev–Trinajstić information content (AvgIpc) is 2.54. The second kappa shape index (κ2) is 5.33. The number of methoxy groups -OCH3 is 1. The summed E-state index contributed by atoms with van der Waals surface area (Å²) in [5.74, 6) is -0.128. The molecule has 0 aliphatic rings. The van der Waals surface area contributed by atoms with Crippen molar-refractivity contribution < 1.29 is 14.6 Å². The summed E-state index contributed by atoms with van der Waals surface area (Å²) in [6.07, 6.45) is 0. The number of hydrogen-bond acceptors (Lipinski definition) is 4. The van der Waals surface area contributed by atoms with E-state index in [0.29, 0.717) is 17.1 Å². The number of fused-ring (bicyclic) bond motifs is 1. The first-order chi connectivity index (χ1) is 10.6. The monoisotopic (exact) mass is 296 g/mol. The summed E-state index contributed by atoms with van der Waals surface area (Å²) in [7, 11) is 1.56. The number of carboxylic acid groups (broad SMARTS) is 1. The summed E-state index contributed by atoms with van der Waals surface area (Å²) in [5, 5.41) is 9.48. The zero-order valence-corrected chi connectivity index (χ0v) is 11.7. The molecule has 1 aromatic heterocycles. The van der Waals surface area contributed by atoms with Gasteiger partial charge in [0.2, 0.25) is 0 Å². The number of ether oxygens (including phenoxy) is 1. The van der Waals surface area contributed by atoms with Gasteiger partial charge in [-0.05, 0) is 36.4 Å². The Bertz CT molecular complexity index is 914. The van der Waals surface area contributed by atoms with Crippen molar-refractivity contribution in [2.75, 3.05) is 7.11 Å².